The summed E-state index contributed by atoms with van der Waals surface area (Å²) >= 11 is 0. The molecular weight excluding hydrogens is 370 g/mol. The van der Waals surface area contributed by atoms with Crippen molar-refractivity contribution < 1.29 is 31.7 Å². The molecule has 2 atom stereocenters. The summed E-state index contributed by atoms with van der Waals surface area (Å²) < 4.78 is 34.7. The fourth-order valence-electron chi connectivity index (χ4n) is 2.85. The minimum atomic E-state index is -4.82. The highest BCUT2D eigenvalue weighted by Crippen LogP contribution is 2.30. The smallest absolute Gasteiger partial charge is 0.309 e. The molecule has 0 radical (unpaired) electrons. The minimum absolute atomic E-state index is 0.000301. The van der Waals surface area contributed by atoms with Crippen molar-refractivity contribution in [3.8, 4) is 0 Å². The molecule has 2 N–H and O–H groups in total. The van der Waals surface area contributed by atoms with Gasteiger partial charge in [-0.25, -0.2) is 10.3 Å². The molecule has 26 heavy (non-hydrogen) atoms. The SMILES string of the molecule is Cc1cnc(CONC(=O)[C@@H]2CCC3CN2C(=O)N3OS(=O)(=O)O)cn1. The van der Waals surface area contributed by atoms with Gasteiger partial charge in [0.2, 0.25) is 0 Å². The van der Waals surface area contributed by atoms with E-state index in [0.717, 1.165) is 5.69 Å². The molecule has 1 aromatic heterocycles. The van der Waals surface area contributed by atoms with E-state index >= 15 is 0 Å². The molecule has 142 valence electrons. The van der Waals surface area contributed by atoms with Gasteiger partial charge in [0.25, 0.3) is 5.91 Å². The number of piperidine rings is 1. The fourth-order valence-corrected chi connectivity index (χ4v) is 3.24. The molecule has 2 aliphatic rings. The van der Waals surface area contributed by atoms with E-state index < -0.39 is 34.4 Å². The Bertz CT molecular complexity index is 800. The van der Waals surface area contributed by atoms with Crippen LogP contribution in [0.15, 0.2) is 12.4 Å². The van der Waals surface area contributed by atoms with E-state index in [1.807, 2.05) is 0 Å². The second-order valence-corrected chi connectivity index (χ2v) is 6.92. The van der Waals surface area contributed by atoms with E-state index in [1.54, 1.807) is 13.1 Å². The summed E-state index contributed by atoms with van der Waals surface area (Å²) in [5.41, 5.74) is 3.52. The Morgan fingerprint density at radius 2 is 2.15 bits per heavy atom. The highest BCUT2D eigenvalue weighted by atomic mass is 32.3. The van der Waals surface area contributed by atoms with E-state index in [9.17, 15) is 18.0 Å². The number of carbonyl (C=O) groups is 2. The van der Waals surface area contributed by atoms with Gasteiger partial charge in [0.05, 0.1) is 23.6 Å². The molecule has 0 aliphatic carbocycles. The van der Waals surface area contributed by atoms with Gasteiger partial charge in [0.1, 0.15) is 12.6 Å². The molecule has 0 aromatic carbocycles. The number of hydroxylamine groups is 3. The van der Waals surface area contributed by atoms with Crippen LogP contribution in [0, 0.1) is 6.92 Å². The maximum atomic E-state index is 12.3. The highest BCUT2D eigenvalue weighted by Gasteiger charge is 2.49. The number of nitrogens with zero attached hydrogens (tertiary/aromatic N) is 4. The van der Waals surface area contributed by atoms with Gasteiger partial charge in [-0.3, -0.25) is 24.2 Å². The number of nitrogens with one attached hydrogen (secondary N) is 1. The molecule has 2 saturated heterocycles. The molecule has 1 unspecified atom stereocenters. The van der Waals surface area contributed by atoms with Crippen LogP contribution < -0.4 is 5.48 Å². The number of aromatic nitrogens is 2. The number of amides is 3. The Balaban J connectivity index is 1.56. The van der Waals surface area contributed by atoms with E-state index in [1.165, 1.54) is 11.1 Å². The Morgan fingerprint density at radius 1 is 1.38 bits per heavy atom. The van der Waals surface area contributed by atoms with E-state index in [2.05, 4.69) is 19.7 Å². The number of rotatable bonds is 6. The zero-order valence-electron chi connectivity index (χ0n) is 13.7. The molecule has 12 nitrogen and oxygen atoms in total. The summed E-state index contributed by atoms with van der Waals surface area (Å²) in [6.45, 7) is 1.90. The van der Waals surface area contributed by atoms with Crippen LogP contribution in [0.3, 0.4) is 0 Å². The van der Waals surface area contributed by atoms with E-state index in [0.29, 0.717) is 23.6 Å². The first-order chi connectivity index (χ1) is 12.2. The normalized spacial score (nSPS) is 22.6. The van der Waals surface area contributed by atoms with Crippen molar-refractivity contribution in [3.05, 3.63) is 23.8 Å². The van der Waals surface area contributed by atoms with E-state index in [4.69, 9.17) is 9.39 Å². The van der Waals surface area contributed by atoms with Gasteiger partial charge < -0.3 is 4.90 Å². The van der Waals surface area contributed by atoms with Crippen LogP contribution in [-0.4, -0.2) is 63.5 Å². The van der Waals surface area contributed by atoms with Crippen molar-refractivity contribution in [3.63, 3.8) is 0 Å². The monoisotopic (exact) mass is 387 g/mol. The van der Waals surface area contributed by atoms with Gasteiger partial charge in [-0.15, -0.1) is 4.28 Å². The van der Waals surface area contributed by atoms with Gasteiger partial charge in [-0.2, -0.15) is 13.5 Å². The van der Waals surface area contributed by atoms with Gasteiger partial charge in [0, 0.05) is 12.7 Å². The van der Waals surface area contributed by atoms with Crippen LogP contribution in [0.4, 0.5) is 4.79 Å². The first kappa shape index (κ1) is 18.4. The summed E-state index contributed by atoms with van der Waals surface area (Å²) in [7, 11) is -4.82. The van der Waals surface area contributed by atoms with Crippen molar-refractivity contribution in [1.29, 1.82) is 0 Å². The Labute approximate surface area is 149 Å². The number of hydrogen-bond donors (Lipinski definition) is 2. The molecule has 3 heterocycles. The Hall–Kier alpha value is -2.35. The molecule has 3 rings (SSSR count). The third-order valence-corrected chi connectivity index (χ3v) is 4.38. The lowest BCUT2D eigenvalue weighted by Gasteiger charge is -2.28. The quantitative estimate of drug-likeness (QED) is 0.478. The summed E-state index contributed by atoms with van der Waals surface area (Å²) in [5, 5.41) is 0.575. The minimum Gasteiger partial charge on any atom is -0.309 e. The number of hydrogen-bond acceptors (Lipinski definition) is 8. The molecular formula is C13H17N5O7S. The second kappa shape index (κ2) is 7.11. The number of fused-ring (bicyclic) bond motifs is 2. The van der Waals surface area contributed by atoms with Crippen LogP contribution in [-0.2, 0) is 30.9 Å². The molecule has 0 spiro atoms. The standard InChI is InChI=1S/C13H17N5O7S/c1-8-4-15-9(5-14-8)7-24-16-12(19)11-3-2-10-6-17(11)13(20)18(10)25-26(21,22)23/h4-5,10-11H,2-3,6-7H2,1H3,(H,16,19)(H,21,22,23)/t10?,11-/m0/s1. The molecule has 1 aromatic rings. The summed E-state index contributed by atoms with van der Waals surface area (Å²) in [4.78, 5) is 38.9. The van der Waals surface area contributed by atoms with Gasteiger partial charge in [-0.1, -0.05) is 0 Å². The van der Waals surface area contributed by atoms with Crippen molar-refractivity contribution in [2.75, 3.05) is 6.54 Å². The van der Waals surface area contributed by atoms with Gasteiger partial charge >= 0.3 is 16.4 Å². The molecule has 2 aliphatic heterocycles. The van der Waals surface area contributed by atoms with Crippen LogP contribution in [0.25, 0.3) is 0 Å². The highest BCUT2D eigenvalue weighted by molar-refractivity contribution is 7.80. The van der Waals surface area contributed by atoms with Gasteiger partial charge in [-0.05, 0) is 19.8 Å². The maximum absolute atomic E-state index is 12.3. The predicted molar refractivity (Wildman–Crippen MR) is 83.1 cm³/mol. The van der Waals surface area contributed by atoms with Crippen LogP contribution in [0.1, 0.15) is 24.2 Å². The Kier molecular flexibility index (Phi) is 5.04. The van der Waals surface area contributed by atoms with Crippen LogP contribution in [0.2, 0.25) is 0 Å². The number of urea groups is 1. The lowest BCUT2D eigenvalue weighted by atomic mass is 10.0. The predicted octanol–water partition coefficient (Wildman–Crippen LogP) is -0.664. The molecule has 3 amide bonds. The molecule has 2 fully saturated rings. The summed E-state index contributed by atoms with van der Waals surface area (Å²) in [6.07, 6.45) is 3.70. The van der Waals surface area contributed by atoms with Crippen LogP contribution in [0.5, 0.6) is 0 Å². The maximum Gasteiger partial charge on any atom is 0.418 e. The zero-order valence-corrected chi connectivity index (χ0v) is 14.5. The fraction of sp³-hybridized carbons (Fsp3) is 0.538. The largest absolute Gasteiger partial charge is 0.418 e. The average Bonchev–Trinajstić information content (AvgIpc) is 2.80. The van der Waals surface area contributed by atoms with Crippen molar-refractivity contribution >= 4 is 22.3 Å². The van der Waals surface area contributed by atoms with Gasteiger partial charge in [0.15, 0.2) is 0 Å². The van der Waals surface area contributed by atoms with E-state index in [-0.39, 0.29) is 13.2 Å². The molecule has 2 bridgehead atoms. The topological polar surface area (TPSA) is 151 Å². The third-order valence-electron chi connectivity index (χ3n) is 4.03. The lowest BCUT2D eigenvalue weighted by Crippen LogP contribution is -2.49. The number of carbonyl (C=O) groups excluding carboxylic acids is 2. The third kappa shape index (κ3) is 4.07. The summed E-state index contributed by atoms with van der Waals surface area (Å²) in [6, 6.07) is -2.20. The van der Waals surface area contributed by atoms with Crippen molar-refractivity contribution in [2.24, 2.45) is 0 Å². The summed E-state index contributed by atoms with van der Waals surface area (Å²) in [5.74, 6) is -0.550. The molecule has 13 heteroatoms. The first-order valence-corrected chi connectivity index (χ1v) is 9.07. The lowest BCUT2D eigenvalue weighted by molar-refractivity contribution is -0.140. The second-order valence-electron chi connectivity index (χ2n) is 5.91. The van der Waals surface area contributed by atoms with Crippen molar-refractivity contribution in [2.45, 2.75) is 38.5 Å². The molecule has 0 saturated carbocycles. The Morgan fingerprint density at radius 3 is 2.81 bits per heavy atom. The first-order valence-electron chi connectivity index (χ1n) is 7.70. The number of aryl methyl sites for hydroxylation is 1. The zero-order chi connectivity index (χ0) is 18.9. The average molecular weight is 387 g/mol. The van der Waals surface area contributed by atoms with Crippen LogP contribution >= 0.6 is 0 Å². The van der Waals surface area contributed by atoms with Crippen molar-refractivity contribution in [1.82, 2.24) is 25.4 Å².